The molecule has 1 heterocycles. The minimum absolute atomic E-state index is 0.443. The lowest BCUT2D eigenvalue weighted by molar-refractivity contribution is 0.354. The lowest BCUT2D eigenvalue weighted by Gasteiger charge is -2.14. The molecule has 0 radical (unpaired) electrons. The fourth-order valence-electron chi connectivity index (χ4n) is 2.90. The molecule has 1 aliphatic rings. The summed E-state index contributed by atoms with van der Waals surface area (Å²) in [5, 5.41) is 6.99. The molecule has 0 fully saturated rings. The third-order valence-electron chi connectivity index (χ3n) is 4.10. The topological polar surface area (TPSA) is 42.5 Å². The fraction of sp³-hybridized carbons (Fsp3) is 0.333. The van der Waals surface area contributed by atoms with E-state index >= 15 is 0 Å². The van der Waals surface area contributed by atoms with E-state index in [1.54, 1.807) is 14.2 Å². The van der Waals surface area contributed by atoms with E-state index in [2.05, 4.69) is 41.0 Å². The Balaban J connectivity index is 1.66. The van der Waals surface area contributed by atoms with Gasteiger partial charge in [-0.25, -0.2) is 0 Å². The lowest BCUT2D eigenvalue weighted by Crippen LogP contribution is -2.22. The van der Waals surface area contributed by atoms with Gasteiger partial charge in [0.25, 0.3) is 0 Å². The molecule has 0 saturated heterocycles. The maximum atomic E-state index is 5.41. The smallest absolute Gasteiger partial charge is 0.162 e. The summed E-state index contributed by atoms with van der Waals surface area (Å²) in [5.41, 5.74) is 3.74. The second kappa shape index (κ2) is 6.71. The highest BCUT2D eigenvalue weighted by molar-refractivity contribution is 5.65. The molecule has 116 valence electrons. The van der Waals surface area contributed by atoms with E-state index in [-0.39, 0.29) is 0 Å². The van der Waals surface area contributed by atoms with E-state index in [1.807, 2.05) is 12.1 Å². The highest BCUT2D eigenvalue weighted by Crippen LogP contribution is 2.40. The highest BCUT2D eigenvalue weighted by atomic mass is 16.5. The van der Waals surface area contributed by atoms with E-state index in [0.29, 0.717) is 5.92 Å². The van der Waals surface area contributed by atoms with Gasteiger partial charge in [0, 0.05) is 37.3 Å². The Morgan fingerprint density at radius 3 is 2.55 bits per heavy atom. The second-order valence-corrected chi connectivity index (χ2v) is 5.49. The molecule has 0 spiro atoms. The Hall–Kier alpha value is -2.20. The van der Waals surface area contributed by atoms with Crippen molar-refractivity contribution in [2.24, 2.45) is 0 Å². The molecule has 1 aliphatic heterocycles. The van der Waals surface area contributed by atoms with Crippen molar-refractivity contribution in [1.29, 1.82) is 0 Å². The molecule has 0 bridgehead atoms. The summed E-state index contributed by atoms with van der Waals surface area (Å²) in [6.07, 6.45) is 0. The van der Waals surface area contributed by atoms with E-state index in [4.69, 9.17) is 9.47 Å². The second-order valence-electron chi connectivity index (χ2n) is 5.49. The van der Waals surface area contributed by atoms with Crippen LogP contribution in [0.5, 0.6) is 11.5 Å². The predicted molar refractivity (Wildman–Crippen MR) is 88.9 cm³/mol. The van der Waals surface area contributed by atoms with Crippen LogP contribution in [0.4, 0.5) is 5.69 Å². The lowest BCUT2D eigenvalue weighted by atomic mass is 10.0. The Labute approximate surface area is 131 Å². The number of methoxy groups -OCH3 is 2. The molecule has 0 amide bonds. The SMILES string of the molecule is COc1cc2c(cc1OC)C(CNCc1ccccc1)CN2. The molecule has 0 aliphatic carbocycles. The monoisotopic (exact) mass is 298 g/mol. The van der Waals surface area contributed by atoms with Gasteiger partial charge in [0.1, 0.15) is 0 Å². The largest absolute Gasteiger partial charge is 0.493 e. The van der Waals surface area contributed by atoms with Crippen molar-refractivity contribution in [3.63, 3.8) is 0 Å². The van der Waals surface area contributed by atoms with Gasteiger partial charge in [0.05, 0.1) is 14.2 Å². The predicted octanol–water partition coefficient (Wildman–Crippen LogP) is 3.00. The number of ether oxygens (including phenoxy) is 2. The summed E-state index contributed by atoms with van der Waals surface area (Å²) < 4.78 is 10.8. The summed E-state index contributed by atoms with van der Waals surface area (Å²) in [6.45, 7) is 2.76. The molecular formula is C18H22N2O2. The van der Waals surface area contributed by atoms with Crippen molar-refractivity contribution in [3.8, 4) is 11.5 Å². The first kappa shape index (κ1) is 14.7. The number of hydrogen-bond donors (Lipinski definition) is 2. The van der Waals surface area contributed by atoms with Crippen molar-refractivity contribution in [1.82, 2.24) is 5.32 Å². The van der Waals surface area contributed by atoms with Gasteiger partial charge in [0.15, 0.2) is 11.5 Å². The van der Waals surface area contributed by atoms with Crippen LogP contribution in [0.15, 0.2) is 42.5 Å². The molecule has 2 aromatic rings. The first-order valence-electron chi connectivity index (χ1n) is 7.56. The van der Waals surface area contributed by atoms with Crippen molar-refractivity contribution in [2.75, 3.05) is 32.6 Å². The van der Waals surface area contributed by atoms with E-state index in [9.17, 15) is 0 Å². The van der Waals surface area contributed by atoms with E-state index in [0.717, 1.165) is 36.8 Å². The van der Waals surface area contributed by atoms with Gasteiger partial charge in [0.2, 0.25) is 0 Å². The number of nitrogens with one attached hydrogen (secondary N) is 2. The quantitative estimate of drug-likeness (QED) is 0.860. The normalized spacial score (nSPS) is 16.0. The van der Waals surface area contributed by atoms with E-state index in [1.165, 1.54) is 11.1 Å². The molecule has 3 rings (SSSR count). The van der Waals surface area contributed by atoms with Crippen LogP contribution in [0.2, 0.25) is 0 Å². The Morgan fingerprint density at radius 2 is 1.82 bits per heavy atom. The summed E-state index contributed by atoms with van der Waals surface area (Å²) in [6, 6.07) is 14.6. The molecule has 0 saturated carbocycles. The Morgan fingerprint density at radius 1 is 1.09 bits per heavy atom. The zero-order chi connectivity index (χ0) is 15.4. The number of fused-ring (bicyclic) bond motifs is 1. The van der Waals surface area contributed by atoms with Gasteiger partial charge < -0.3 is 20.1 Å². The first-order valence-corrected chi connectivity index (χ1v) is 7.56. The van der Waals surface area contributed by atoms with Crippen LogP contribution in [0.1, 0.15) is 17.0 Å². The number of hydrogen-bond acceptors (Lipinski definition) is 4. The molecular weight excluding hydrogens is 276 g/mol. The third-order valence-corrected chi connectivity index (χ3v) is 4.10. The van der Waals surface area contributed by atoms with Crippen molar-refractivity contribution in [2.45, 2.75) is 12.5 Å². The van der Waals surface area contributed by atoms with Gasteiger partial charge >= 0.3 is 0 Å². The molecule has 1 atom stereocenters. The minimum Gasteiger partial charge on any atom is -0.493 e. The Bertz CT molecular complexity index is 628. The zero-order valence-electron chi connectivity index (χ0n) is 13.1. The molecule has 2 N–H and O–H groups in total. The number of benzene rings is 2. The van der Waals surface area contributed by atoms with Crippen LogP contribution in [-0.2, 0) is 6.54 Å². The van der Waals surface area contributed by atoms with Crippen LogP contribution < -0.4 is 20.1 Å². The molecule has 4 nitrogen and oxygen atoms in total. The van der Waals surface area contributed by atoms with Gasteiger partial charge in [-0.15, -0.1) is 0 Å². The van der Waals surface area contributed by atoms with Gasteiger partial charge in [-0.1, -0.05) is 30.3 Å². The average molecular weight is 298 g/mol. The highest BCUT2D eigenvalue weighted by Gasteiger charge is 2.24. The van der Waals surface area contributed by atoms with Crippen molar-refractivity contribution >= 4 is 5.69 Å². The van der Waals surface area contributed by atoms with Crippen molar-refractivity contribution < 1.29 is 9.47 Å². The molecule has 0 aromatic heterocycles. The van der Waals surface area contributed by atoms with Gasteiger partial charge in [-0.3, -0.25) is 0 Å². The van der Waals surface area contributed by atoms with Crippen LogP contribution in [0.25, 0.3) is 0 Å². The average Bonchev–Trinajstić information content (AvgIpc) is 2.96. The molecule has 1 unspecified atom stereocenters. The van der Waals surface area contributed by atoms with Crippen LogP contribution >= 0.6 is 0 Å². The summed E-state index contributed by atoms with van der Waals surface area (Å²) >= 11 is 0. The zero-order valence-corrected chi connectivity index (χ0v) is 13.1. The van der Waals surface area contributed by atoms with Crippen LogP contribution in [0.3, 0.4) is 0 Å². The first-order chi connectivity index (χ1) is 10.8. The summed E-state index contributed by atoms with van der Waals surface area (Å²) in [7, 11) is 3.34. The van der Waals surface area contributed by atoms with Gasteiger partial charge in [-0.05, 0) is 17.2 Å². The fourth-order valence-corrected chi connectivity index (χ4v) is 2.90. The summed E-state index contributed by atoms with van der Waals surface area (Å²) in [5.74, 6) is 2.00. The Kier molecular flexibility index (Phi) is 4.49. The standard InChI is InChI=1S/C18H22N2O2/c1-21-17-8-15-14(12-20-16(15)9-18(17)22-2)11-19-10-13-6-4-3-5-7-13/h3-9,14,19-20H,10-12H2,1-2H3. The maximum absolute atomic E-state index is 5.41. The number of anilines is 1. The molecule has 2 aromatic carbocycles. The molecule has 22 heavy (non-hydrogen) atoms. The number of rotatable bonds is 6. The third kappa shape index (κ3) is 3.02. The maximum Gasteiger partial charge on any atom is 0.162 e. The minimum atomic E-state index is 0.443. The van der Waals surface area contributed by atoms with Crippen molar-refractivity contribution in [3.05, 3.63) is 53.6 Å². The van der Waals surface area contributed by atoms with Crippen LogP contribution in [-0.4, -0.2) is 27.3 Å². The molecule has 4 heteroatoms. The van der Waals surface area contributed by atoms with E-state index < -0.39 is 0 Å². The van der Waals surface area contributed by atoms with Crippen LogP contribution in [0, 0.1) is 0 Å². The summed E-state index contributed by atoms with van der Waals surface area (Å²) in [4.78, 5) is 0. The van der Waals surface area contributed by atoms with Gasteiger partial charge in [-0.2, -0.15) is 0 Å².